The quantitative estimate of drug-likeness (QED) is 0.764. The molecule has 6 nitrogen and oxygen atoms in total. The molecule has 1 amide bonds. The van der Waals surface area contributed by atoms with Crippen LogP contribution in [0.15, 0.2) is 28.7 Å². The third-order valence-electron chi connectivity index (χ3n) is 4.72. The first-order chi connectivity index (χ1) is 12.6. The number of likely N-dealkylation sites (tertiary alicyclic amines) is 1. The summed E-state index contributed by atoms with van der Waals surface area (Å²) in [4.78, 5) is 27.0. The maximum absolute atomic E-state index is 12.6. The molecule has 2 heterocycles. The van der Waals surface area contributed by atoms with Gasteiger partial charge in [0.25, 0.3) is 5.91 Å². The summed E-state index contributed by atoms with van der Waals surface area (Å²) < 4.78 is 16.3. The van der Waals surface area contributed by atoms with Gasteiger partial charge in [-0.3, -0.25) is 4.79 Å². The molecule has 0 radical (unpaired) electrons. The van der Waals surface area contributed by atoms with E-state index < -0.39 is 12.1 Å². The van der Waals surface area contributed by atoms with E-state index in [2.05, 4.69) is 0 Å². The predicted molar refractivity (Wildman–Crippen MR) is 96.9 cm³/mol. The van der Waals surface area contributed by atoms with Crippen LogP contribution in [0.4, 0.5) is 0 Å². The lowest BCUT2D eigenvalue weighted by atomic mass is 10.1. The number of hydrogen-bond acceptors (Lipinski definition) is 5. The number of esters is 1. The average Bonchev–Trinajstić information content (AvgIpc) is 2.82. The second kappa shape index (κ2) is 8.36. The van der Waals surface area contributed by atoms with Crippen molar-refractivity contribution in [3.63, 3.8) is 0 Å². The number of methoxy groups -OCH3 is 1. The van der Waals surface area contributed by atoms with E-state index in [1.807, 2.05) is 18.2 Å². The summed E-state index contributed by atoms with van der Waals surface area (Å²) in [5, 5.41) is 0.813. The van der Waals surface area contributed by atoms with Gasteiger partial charge in [-0.1, -0.05) is 31.0 Å². The van der Waals surface area contributed by atoms with Gasteiger partial charge in [-0.2, -0.15) is 0 Å². The number of amides is 1. The fraction of sp³-hybridized carbons (Fsp3) is 0.500. The molecule has 6 heteroatoms. The van der Waals surface area contributed by atoms with Gasteiger partial charge in [0.1, 0.15) is 5.58 Å². The number of carbonyl (C=O) groups excluding carboxylic acids is 2. The third kappa shape index (κ3) is 3.90. The van der Waals surface area contributed by atoms with Crippen molar-refractivity contribution in [2.24, 2.45) is 0 Å². The van der Waals surface area contributed by atoms with Crippen LogP contribution in [0.5, 0.6) is 0 Å². The number of nitrogens with zero attached hydrogens (tertiary/aromatic N) is 1. The van der Waals surface area contributed by atoms with E-state index in [0.29, 0.717) is 11.1 Å². The smallest absolute Gasteiger partial charge is 0.375 e. The van der Waals surface area contributed by atoms with Gasteiger partial charge in [-0.05, 0) is 25.8 Å². The molecule has 1 fully saturated rings. The zero-order valence-corrected chi connectivity index (χ0v) is 15.3. The van der Waals surface area contributed by atoms with Crippen molar-refractivity contribution in [3.05, 3.63) is 35.6 Å². The molecule has 1 aliphatic heterocycles. The molecule has 1 aromatic heterocycles. The van der Waals surface area contributed by atoms with Crippen molar-refractivity contribution < 1.29 is 23.5 Å². The molecule has 0 aliphatic carbocycles. The van der Waals surface area contributed by atoms with Gasteiger partial charge in [-0.25, -0.2) is 4.79 Å². The number of ether oxygens (including phenoxy) is 2. The topological polar surface area (TPSA) is 69.0 Å². The summed E-state index contributed by atoms with van der Waals surface area (Å²) in [7, 11) is 1.56. The first-order valence-electron chi connectivity index (χ1n) is 9.11. The molecule has 1 atom stereocenters. The van der Waals surface area contributed by atoms with Gasteiger partial charge in [-0.15, -0.1) is 0 Å². The van der Waals surface area contributed by atoms with Crippen molar-refractivity contribution in [2.75, 3.05) is 20.2 Å². The van der Waals surface area contributed by atoms with Crippen LogP contribution in [0.2, 0.25) is 0 Å². The van der Waals surface area contributed by atoms with Crippen LogP contribution in [-0.4, -0.2) is 43.1 Å². The highest BCUT2D eigenvalue weighted by atomic mass is 16.6. The first-order valence-corrected chi connectivity index (χ1v) is 9.11. The van der Waals surface area contributed by atoms with Gasteiger partial charge in [0, 0.05) is 31.1 Å². The average molecular weight is 359 g/mol. The fourth-order valence-corrected chi connectivity index (χ4v) is 3.36. The SMILES string of the molecule is COCc1c(C(=O)O[C@@H](C)C(=O)N2CCCCCC2)oc2ccccc12. The molecular weight excluding hydrogens is 334 g/mol. The predicted octanol–water partition coefficient (Wildman–Crippen LogP) is 3.53. The van der Waals surface area contributed by atoms with Crippen molar-refractivity contribution in [2.45, 2.75) is 45.3 Å². The summed E-state index contributed by atoms with van der Waals surface area (Å²) in [6.45, 7) is 3.29. The van der Waals surface area contributed by atoms with E-state index in [0.717, 1.165) is 44.2 Å². The lowest BCUT2D eigenvalue weighted by molar-refractivity contribution is -0.139. The Morgan fingerprint density at radius 3 is 2.54 bits per heavy atom. The van der Waals surface area contributed by atoms with Crippen LogP contribution in [-0.2, 0) is 20.9 Å². The number of rotatable bonds is 5. The minimum absolute atomic E-state index is 0.101. The molecule has 1 aliphatic rings. The number of hydrogen-bond donors (Lipinski definition) is 0. The summed E-state index contributed by atoms with van der Waals surface area (Å²) >= 11 is 0. The van der Waals surface area contributed by atoms with Gasteiger partial charge in [0.2, 0.25) is 5.76 Å². The molecule has 1 saturated heterocycles. The summed E-state index contributed by atoms with van der Waals surface area (Å²) in [6.07, 6.45) is 3.42. The van der Waals surface area contributed by atoms with Gasteiger partial charge < -0.3 is 18.8 Å². The van der Waals surface area contributed by atoms with Crippen LogP contribution in [0.3, 0.4) is 0 Å². The Labute approximate surface area is 153 Å². The number of benzene rings is 1. The summed E-state index contributed by atoms with van der Waals surface area (Å²) in [6, 6.07) is 7.37. The van der Waals surface area contributed by atoms with E-state index in [4.69, 9.17) is 13.9 Å². The zero-order chi connectivity index (χ0) is 18.5. The van der Waals surface area contributed by atoms with Gasteiger partial charge in [0.05, 0.1) is 6.61 Å². The molecule has 3 rings (SSSR count). The van der Waals surface area contributed by atoms with Crippen molar-refractivity contribution in [3.8, 4) is 0 Å². The van der Waals surface area contributed by atoms with E-state index >= 15 is 0 Å². The van der Waals surface area contributed by atoms with Gasteiger partial charge in [0.15, 0.2) is 6.10 Å². The van der Waals surface area contributed by atoms with Crippen LogP contribution in [0.1, 0.15) is 48.7 Å². The highest BCUT2D eigenvalue weighted by Gasteiger charge is 2.28. The molecule has 0 unspecified atom stereocenters. The molecule has 0 saturated carbocycles. The number of carbonyl (C=O) groups is 2. The molecule has 0 N–H and O–H groups in total. The zero-order valence-electron chi connectivity index (χ0n) is 15.3. The number of para-hydroxylation sites is 1. The number of furan rings is 1. The third-order valence-corrected chi connectivity index (χ3v) is 4.72. The Bertz CT molecular complexity index is 774. The monoisotopic (exact) mass is 359 g/mol. The summed E-state index contributed by atoms with van der Waals surface area (Å²) in [5.41, 5.74) is 1.24. The second-order valence-electron chi connectivity index (χ2n) is 6.63. The van der Waals surface area contributed by atoms with Crippen molar-refractivity contribution in [1.29, 1.82) is 0 Å². The Balaban J connectivity index is 1.75. The Kier molecular flexibility index (Phi) is 5.93. The Hall–Kier alpha value is -2.34. The highest BCUT2D eigenvalue weighted by molar-refractivity contribution is 5.97. The fourth-order valence-electron chi connectivity index (χ4n) is 3.36. The number of fused-ring (bicyclic) bond motifs is 1. The minimum atomic E-state index is -0.843. The van der Waals surface area contributed by atoms with E-state index in [1.54, 1.807) is 25.0 Å². The molecule has 2 aromatic rings. The Morgan fingerprint density at radius 2 is 1.85 bits per heavy atom. The normalized spacial score (nSPS) is 16.3. The van der Waals surface area contributed by atoms with Crippen LogP contribution < -0.4 is 0 Å². The Morgan fingerprint density at radius 1 is 1.15 bits per heavy atom. The molecule has 0 bridgehead atoms. The summed E-state index contributed by atoms with van der Waals surface area (Å²) in [5.74, 6) is -0.683. The lowest BCUT2D eigenvalue weighted by Gasteiger charge is -2.23. The highest BCUT2D eigenvalue weighted by Crippen LogP contribution is 2.27. The largest absolute Gasteiger partial charge is 0.449 e. The van der Waals surface area contributed by atoms with Crippen molar-refractivity contribution in [1.82, 2.24) is 4.90 Å². The van der Waals surface area contributed by atoms with Crippen LogP contribution >= 0.6 is 0 Å². The molecular formula is C20H25NO5. The molecule has 26 heavy (non-hydrogen) atoms. The molecule has 0 spiro atoms. The van der Waals surface area contributed by atoms with Gasteiger partial charge >= 0.3 is 5.97 Å². The molecule has 140 valence electrons. The second-order valence-corrected chi connectivity index (χ2v) is 6.63. The first kappa shape index (κ1) is 18.5. The van der Waals surface area contributed by atoms with E-state index in [-0.39, 0.29) is 18.3 Å². The molecule has 1 aromatic carbocycles. The standard InChI is InChI=1S/C20H25NO5/c1-14(19(22)21-11-7-3-4-8-12-21)25-20(23)18-16(13-24-2)15-9-5-6-10-17(15)26-18/h5-6,9-10,14H,3-4,7-8,11-13H2,1-2H3/t14-/m0/s1. The maximum atomic E-state index is 12.6. The van der Waals surface area contributed by atoms with E-state index in [9.17, 15) is 9.59 Å². The van der Waals surface area contributed by atoms with Crippen LogP contribution in [0, 0.1) is 0 Å². The maximum Gasteiger partial charge on any atom is 0.375 e. The minimum Gasteiger partial charge on any atom is -0.449 e. The lowest BCUT2D eigenvalue weighted by Crippen LogP contribution is -2.40. The van der Waals surface area contributed by atoms with Crippen LogP contribution in [0.25, 0.3) is 11.0 Å². The van der Waals surface area contributed by atoms with Crippen molar-refractivity contribution >= 4 is 22.8 Å². The van der Waals surface area contributed by atoms with E-state index in [1.165, 1.54) is 0 Å².